The van der Waals surface area contributed by atoms with Crippen LogP contribution >= 0.6 is 0 Å². The first kappa shape index (κ1) is 25.0. The molecule has 2 saturated heterocycles. The largest absolute Gasteiger partial charge is 0.476 e. The molecule has 3 heterocycles. The fraction of sp³-hybridized carbons (Fsp3) is 0.655. The van der Waals surface area contributed by atoms with Crippen molar-refractivity contribution >= 4 is 17.0 Å². The summed E-state index contributed by atoms with van der Waals surface area (Å²) in [5.41, 5.74) is -0.229. The van der Waals surface area contributed by atoms with Crippen molar-refractivity contribution in [2.45, 2.75) is 120 Å². The number of hydrogen-bond donors (Lipinski definition) is 1. The van der Waals surface area contributed by atoms with Crippen LogP contribution in [-0.2, 0) is 0 Å². The highest BCUT2D eigenvalue weighted by Gasteiger charge is 2.62. The van der Waals surface area contributed by atoms with Crippen LogP contribution in [0.25, 0.3) is 15.9 Å². The minimum Gasteiger partial charge on any atom is -0.476 e. The predicted octanol–water partition coefficient (Wildman–Crippen LogP) is 6.23. The Morgan fingerprint density at radius 1 is 0.944 bits per heavy atom. The third-order valence-electron chi connectivity index (χ3n) is 8.93. The van der Waals surface area contributed by atoms with Crippen LogP contribution in [-0.4, -0.2) is 43.3 Å². The Bertz CT molecular complexity index is 1190. The normalized spacial score (nSPS) is 28.8. The van der Waals surface area contributed by atoms with Gasteiger partial charge in [-0.2, -0.15) is 0 Å². The Labute approximate surface area is 213 Å². The molecular formula is C29H39N4O3+. The third kappa shape index (κ3) is 4.68. The molecule has 1 N–H and O–H groups in total. The van der Waals surface area contributed by atoms with E-state index in [0.717, 1.165) is 19.3 Å². The number of aromatic nitrogens is 2. The van der Waals surface area contributed by atoms with Gasteiger partial charge in [0.15, 0.2) is 0 Å². The highest BCUT2D eigenvalue weighted by atomic mass is 16.4. The zero-order valence-corrected chi connectivity index (χ0v) is 21.3. The third-order valence-corrected chi connectivity index (χ3v) is 8.93. The van der Waals surface area contributed by atoms with Gasteiger partial charge in [-0.1, -0.05) is 74.8 Å². The van der Waals surface area contributed by atoms with Crippen LogP contribution in [0.5, 0.6) is 0 Å². The second-order valence-corrected chi connectivity index (χ2v) is 11.1. The molecule has 2 aromatic rings. The Hall–Kier alpha value is -2.72. The summed E-state index contributed by atoms with van der Waals surface area (Å²) in [6, 6.07) is 7.93. The molecule has 0 unspecified atom stereocenters. The first-order chi connectivity index (χ1) is 17.5. The van der Waals surface area contributed by atoms with Gasteiger partial charge in [0.05, 0.1) is 17.5 Å². The lowest BCUT2D eigenvalue weighted by Gasteiger charge is -2.43. The van der Waals surface area contributed by atoms with Crippen molar-refractivity contribution in [3.05, 3.63) is 45.2 Å². The van der Waals surface area contributed by atoms with Gasteiger partial charge in [0, 0.05) is 24.5 Å². The highest BCUT2D eigenvalue weighted by Crippen LogP contribution is 2.51. The van der Waals surface area contributed by atoms with E-state index in [1.807, 2.05) is 18.2 Å². The van der Waals surface area contributed by atoms with E-state index in [-0.39, 0.29) is 6.04 Å². The molecule has 1 aromatic heterocycles. The fourth-order valence-electron chi connectivity index (χ4n) is 7.31. The summed E-state index contributed by atoms with van der Waals surface area (Å²) in [4.78, 5) is 36.6. The minimum atomic E-state index is -1.29. The van der Waals surface area contributed by atoms with Gasteiger partial charge in [-0.3, -0.25) is 4.79 Å². The van der Waals surface area contributed by atoms with Crippen LogP contribution in [0.1, 0.15) is 113 Å². The zero-order valence-electron chi connectivity index (χ0n) is 21.3. The Kier molecular flexibility index (Phi) is 7.43. The zero-order chi connectivity index (χ0) is 25.1. The molecule has 36 heavy (non-hydrogen) atoms. The Balaban J connectivity index is 1.47. The van der Waals surface area contributed by atoms with Gasteiger partial charge >= 0.3 is 11.6 Å². The Morgan fingerprint density at radius 3 is 2.22 bits per heavy atom. The van der Waals surface area contributed by atoms with Crippen molar-refractivity contribution in [3.8, 4) is 6.57 Å². The topological polar surface area (TPSA) is 79.8 Å². The summed E-state index contributed by atoms with van der Waals surface area (Å²) in [6.45, 7) is 6.20. The number of carboxylic acid groups (broad SMARTS) is 1. The molecule has 3 atom stereocenters. The molecule has 1 aromatic carbocycles. The first-order valence-corrected chi connectivity index (χ1v) is 14.0. The molecule has 1 saturated carbocycles. The van der Waals surface area contributed by atoms with E-state index >= 15 is 0 Å². The van der Waals surface area contributed by atoms with Crippen molar-refractivity contribution in [3.63, 3.8) is 0 Å². The number of hydrogen-bond acceptors (Lipinski definition) is 4. The van der Waals surface area contributed by atoms with Crippen molar-refractivity contribution in [2.24, 2.45) is 0 Å². The maximum Gasteiger partial charge on any atom is 0.360 e. The Morgan fingerprint density at radius 2 is 1.58 bits per heavy atom. The maximum atomic E-state index is 13.4. The molecule has 7 heteroatoms. The lowest BCUT2D eigenvalue weighted by molar-refractivity contribution is 0.00971. The lowest BCUT2D eigenvalue weighted by Crippen LogP contribution is -2.56. The SMILES string of the molecule is C#[N+][C@@]12CC[C@@H](C[C@@H](n3c(=O)c(C(=O)O)nc4ccccc43)C1)N2C1CCCCCCCCCCC1. The fourth-order valence-corrected chi connectivity index (χ4v) is 7.31. The molecule has 0 amide bonds. The van der Waals surface area contributed by atoms with Gasteiger partial charge in [-0.25, -0.2) is 14.7 Å². The number of nitrogens with zero attached hydrogens (tertiary/aromatic N) is 4. The number of rotatable bonds is 3. The average molecular weight is 492 g/mol. The summed E-state index contributed by atoms with van der Waals surface area (Å²) < 4.78 is 1.68. The number of para-hydroxylation sites is 2. The smallest absolute Gasteiger partial charge is 0.360 e. The molecular weight excluding hydrogens is 452 g/mol. The van der Waals surface area contributed by atoms with E-state index in [2.05, 4.69) is 14.7 Å². The molecule has 5 rings (SSSR count). The minimum absolute atomic E-state index is 0.161. The standard InChI is InChI=1S/C29H38N4O3/c1-30-29-18-17-22(33(29)21-13-9-7-5-3-2-4-6-8-10-14-21)19-23(20-29)32-25-16-12-11-15-24(25)31-26(27(32)34)28(35)36/h1,11-12,15-16,21-23H,2-10,13-14,17-20H2/p+1/t22-,23+,29+/m0/s1. The second kappa shape index (κ2) is 10.7. The summed E-state index contributed by atoms with van der Waals surface area (Å²) in [6.07, 6.45) is 17.5. The van der Waals surface area contributed by atoms with Gasteiger partial charge in [0.25, 0.3) is 12.1 Å². The number of piperidine rings is 1. The van der Waals surface area contributed by atoms with E-state index in [0.29, 0.717) is 29.5 Å². The van der Waals surface area contributed by atoms with Crippen LogP contribution in [0.15, 0.2) is 29.1 Å². The van der Waals surface area contributed by atoms with Crippen LogP contribution < -0.4 is 5.56 Å². The quantitative estimate of drug-likeness (QED) is 0.551. The van der Waals surface area contributed by atoms with Crippen LogP contribution in [0, 0.1) is 6.57 Å². The van der Waals surface area contributed by atoms with Gasteiger partial charge in [-0.15, -0.1) is 0 Å². The summed E-state index contributed by atoms with van der Waals surface area (Å²) >= 11 is 0. The number of carbonyl (C=O) groups is 1. The van der Waals surface area contributed by atoms with Crippen LogP contribution in [0.4, 0.5) is 0 Å². The maximum absolute atomic E-state index is 13.4. The lowest BCUT2D eigenvalue weighted by atomic mass is 9.87. The number of carboxylic acids is 1. The van der Waals surface area contributed by atoms with E-state index in [4.69, 9.17) is 6.57 Å². The second-order valence-electron chi connectivity index (χ2n) is 11.1. The predicted molar refractivity (Wildman–Crippen MR) is 142 cm³/mol. The van der Waals surface area contributed by atoms with E-state index in [1.54, 1.807) is 10.6 Å². The van der Waals surface area contributed by atoms with Crippen LogP contribution in [0.2, 0.25) is 0 Å². The summed E-state index contributed by atoms with van der Waals surface area (Å²) in [7, 11) is 0. The van der Waals surface area contributed by atoms with Gasteiger partial charge in [0.1, 0.15) is 0 Å². The number of fused-ring (bicyclic) bond motifs is 3. The van der Waals surface area contributed by atoms with E-state index < -0.39 is 22.9 Å². The molecule has 7 nitrogen and oxygen atoms in total. The van der Waals surface area contributed by atoms with Crippen molar-refractivity contribution in [2.75, 3.05) is 0 Å². The molecule has 3 fully saturated rings. The molecule has 192 valence electrons. The van der Waals surface area contributed by atoms with Crippen molar-refractivity contribution < 1.29 is 9.90 Å². The molecule has 1 aliphatic carbocycles. The monoisotopic (exact) mass is 491 g/mol. The molecule has 3 aliphatic rings. The molecule has 2 bridgehead atoms. The first-order valence-electron chi connectivity index (χ1n) is 14.0. The van der Waals surface area contributed by atoms with Gasteiger partial charge in [0.2, 0.25) is 5.69 Å². The highest BCUT2D eigenvalue weighted by molar-refractivity contribution is 5.88. The van der Waals surface area contributed by atoms with Gasteiger partial charge < -0.3 is 9.67 Å². The number of benzene rings is 1. The van der Waals surface area contributed by atoms with E-state index in [1.165, 1.54) is 70.6 Å². The molecule has 0 radical (unpaired) electrons. The molecule has 2 aliphatic heterocycles. The van der Waals surface area contributed by atoms with Gasteiger partial charge in [-0.05, 0) is 37.8 Å². The van der Waals surface area contributed by atoms with Crippen molar-refractivity contribution in [1.82, 2.24) is 14.5 Å². The molecule has 0 spiro atoms. The average Bonchev–Trinajstić information content (AvgIpc) is 3.10. The van der Waals surface area contributed by atoms with Crippen LogP contribution in [0.3, 0.4) is 0 Å². The summed E-state index contributed by atoms with van der Waals surface area (Å²) in [5.74, 6) is -1.29. The number of aromatic carboxylic acids is 1. The van der Waals surface area contributed by atoms with Crippen molar-refractivity contribution in [1.29, 1.82) is 0 Å². The summed E-state index contributed by atoms with van der Waals surface area (Å²) in [5, 5.41) is 9.68. The van der Waals surface area contributed by atoms with E-state index in [9.17, 15) is 14.7 Å².